The van der Waals surface area contributed by atoms with Crippen molar-refractivity contribution in [3.8, 4) is 0 Å². The Labute approximate surface area is 124 Å². The fraction of sp³-hybridized carbons (Fsp3) is 0. The second-order valence-corrected chi connectivity index (χ2v) is 4.39. The predicted molar refractivity (Wildman–Crippen MR) is 78.8 cm³/mol. The van der Waals surface area contributed by atoms with E-state index in [1.165, 1.54) is 12.2 Å². The zero-order chi connectivity index (χ0) is 15.5. The number of nitrogens with one attached hydrogen (secondary N) is 2. The summed E-state index contributed by atoms with van der Waals surface area (Å²) in [6.45, 7) is 0. The summed E-state index contributed by atoms with van der Waals surface area (Å²) in [4.78, 5) is 22.9. The molecule has 0 spiro atoms. The molecule has 0 fully saturated rings. The van der Waals surface area contributed by atoms with Crippen LogP contribution in [0, 0.1) is 0 Å². The van der Waals surface area contributed by atoms with Gasteiger partial charge in [0.1, 0.15) is 11.3 Å². The van der Waals surface area contributed by atoms with Crippen molar-refractivity contribution in [3.05, 3.63) is 47.9 Å². The Bertz CT molecular complexity index is 844. The van der Waals surface area contributed by atoms with Gasteiger partial charge in [0.05, 0.1) is 0 Å². The van der Waals surface area contributed by atoms with Gasteiger partial charge in [0.25, 0.3) is 5.91 Å². The summed E-state index contributed by atoms with van der Waals surface area (Å²) in [6.07, 6.45) is 2.77. The van der Waals surface area contributed by atoms with Crippen LogP contribution in [0.25, 0.3) is 17.0 Å². The van der Waals surface area contributed by atoms with Crippen LogP contribution in [0.2, 0.25) is 0 Å². The molecule has 1 aromatic carbocycles. The zero-order valence-electron chi connectivity index (χ0n) is 11.2. The summed E-state index contributed by atoms with van der Waals surface area (Å²) in [5.41, 5.74) is 5.69. The number of rotatable bonds is 4. The van der Waals surface area contributed by atoms with Gasteiger partial charge in [-0.1, -0.05) is 18.2 Å². The summed E-state index contributed by atoms with van der Waals surface area (Å²) in [5.74, 6) is -0.763. The molecular weight excluding hydrogens is 286 g/mol. The summed E-state index contributed by atoms with van der Waals surface area (Å²) < 4.78 is 5.54. The first kappa shape index (κ1) is 13.6. The van der Waals surface area contributed by atoms with Crippen molar-refractivity contribution in [3.63, 3.8) is 0 Å². The number of H-pyrrole nitrogens is 1. The van der Waals surface area contributed by atoms with Crippen molar-refractivity contribution >= 4 is 34.7 Å². The van der Waals surface area contributed by atoms with E-state index in [1.807, 2.05) is 30.3 Å². The molecule has 0 bridgehead atoms. The maximum atomic E-state index is 11.8. The monoisotopic (exact) mass is 297 g/mol. The lowest BCUT2D eigenvalue weighted by Crippen LogP contribution is -2.16. The number of nitrogens with two attached hydrogens (primary N) is 1. The molecule has 110 valence electrons. The second-order valence-electron chi connectivity index (χ2n) is 4.39. The summed E-state index contributed by atoms with van der Waals surface area (Å²) in [5, 5.41) is 12.7. The number of para-hydroxylation sites is 1. The molecule has 0 atom stereocenters. The molecule has 0 radical (unpaired) electrons. The quantitative estimate of drug-likeness (QED) is 0.625. The number of amides is 2. The van der Waals surface area contributed by atoms with Gasteiger partial charge in [-0.05, 0) is 18.2 Å². The third kappa shape index (κ3) is 2.70. The highest BCUT2D eigenvalue weighted by molar-refractivity contribution is 6.05. The number of carbonyl (C=O) groups is 2. The van der Waals surface area contributed by atoms with Crippen LogP contribution in [0.1, 0.15) is 16.2 Å². The number of hydrogen-bond acceptors (Lipinski definition) is 5. The van der Waals surface area contributed by atoms with Crippen molar-refractivity contribution in [2.24, 2.45) is 5.73 Å². The van der Waals surface area contributed by atoms with Gasteiger partial charge in [-0.3, -0.25) is 9.59 Å². The number of aromatic nitrogens is 3. The summed E-state index contributed by atoms with van der Waals surface area (Å²) >= 11 is 0. The topological polar surface area (TPSA) is 127 Å². The minimum Gasteiger partial charge on any atom is -0.457 e. The van der Waals surface area contributed by atoms with Gasteiger partial charge in [0.15, 0.2) is 11.5 Å². The molecule has 0 saturated carbocycles. The van der Waals surface area contributed by atoms with Gasteiger partial charge >= 0.3 is 0 Å². The van der Waals surface area contributed by atoms with Crippen LogP contribution in [0.3, 0.4) is 0 Å². The Morgan fingerprint density at radius 1 is 1.27 bits per heavy atom. The molecule has 8 nitrogen and oxygen atoms in total. The van der Waals surface area contributed by atoms with Gasteiger partial charge in [-0.25, -0.2) is 0 Å². The van der Waals surface area contributed by atoms with E-state index in [2.05, 4.69) is 20.7 Å². The first-order valence-corrected chi connectivity index (χ1v) is 6.31. The molecule has 0 saturated heterocycles. The number of nitrogens with zero attached hydrogens (tertiary/aromatic N) is 2. The molecule has 2 amide bonds. The Hall–Kier alpha value is -3.42. The molecule has 0 unspecified atom stereocenters. The van der Waals surface area contributed by atoms with Crippen LogP contribution < -0.4 is 11.1 Å². The molecule has 2 aromatic heterocycles. The van der Waals surface area contributed by atoms with E-state index in [9.17, 15) is 9.59 Å². The van der Waals surface area contributed by atoms with E-state index >= 15 is 0 Å². The summed E-state index contributed by atoms with van der Waals surface area (Å²) in [6, 6.07) is 9.31. The van der Waals surface area contributed by atoms with E-state index in [0.717, 1.165) is 11.0 Å². The number of furan rings is 1. The number of aromatic amines is 1. The van der Waals surface area contributed by atoms with Crippen molar-refractivity contribution in [2.45, 2.75) is 0 Å². The lowest BCUT2D eigenvalue weighted by atomic mass is 10.2. The number of benzene rings is 1. The van der Waals surface area contributed by atoms with Crippen LogP contribution in [0.4, 0.5) is 5.82 Å². The highest BCUT2D eigenvalue weighted by Crippen LogP contribution is 2.19. The SMILES string of the molecule is NC(=O)c1n[nH]nc1NC(=O)/C=C/c1cc2ccccc2o1. The Morgan fingerprint density at radius 2 is 2.09 bits per heavy atom. The van der Waals surface area contributed by atoms with Crippen molar-refractivity contribution in [1.29, 1.82) is 0 Å². The molecule has 0 aliphatic carbocycles. The minimum absolute atomic E-state index is 0.0215. The number of anilines is 1. The average Bonchev–Trinajstić information content (AvgIpc) is 3.10. The number of fused-ring (bicyclic) bond motifs is 1. The molecule has 0 aliphatic heterocycles. The molecular formula is C14H11N5O3. The molecule has 0 aliphatic rings. The van der Waals surface area contributed by atoms with E-state index in [1.54, 1.807) is 0 Å². The zero-order valence-corrected chi connectivity index (χ0v) is 11.2. The van der Waals surface area contributed by atoms with Crippen molar-refractivity contribution < 1.29 is 14.0 Å². The normalized spacial score (nSPS) is 11.1. The molecule has 4 N–H and O–H groups in total. The average molecular weight is 297 g/mol. The van der Waals surface area contributed by atoms with Gasteiger partial charge in [0, 0.05) is 11.5 Å². The van der Waals surface area contributed by atoms with Gasteiger partial charge in [-0.2, -0.15) is 5.21 Å². The Morgan fingerprint density at radius 3 is 2.86 bits per heavy atom. The van der Waals surface area contributed by atoms with Crippen LogP contribution in [-0.2, 0) is 4.79 Å². The predicted octanol–water partition coefficient (Wildman–Crippen LogP) is 1.30. The highest BCUT2D eigenvalue weighted by Gasteiger charge is 2.14. The molecule has 8 heteroatoms. The molecule has 3 aromatic rings. The number of hydrogen-bond donors (Lipinski definition) is 3. The van der Waals surface area contributed by atoms with Crippen LogP contribution in [0.5, 0.6) is 0 Å². The van der Waals surface area contributed by atoms with E-state index in [-0.39, 0.29) is 11.5 Å². The highest BCUT2D eigenvalue weighted by atomic mass is 16.3. The lowest BCUT2D eigenvalue weighted by Gasteiger charge is -1.97. The first-order valence-electron chi connectivity index (χ1n) is 6.31. The standard InChI is InChI=1S/C14H11N5O3/c15-13(21)12-14(18-19-17-12)16-11(20)6-5-9-7-8-3-1-2-4-10(8)22-9/h1-7H,(H2,15,21)(H2,16,17,18,19,20)/b6-5+. The van der Waals surface area contributed by atoms with Crippen molar-refractivity contribution in [2.75, 3.05) is 5.32 Å². The maximum Gasteiger partial charge on any atom is 0.273 e. The van der Waals surface area contributed by atoms with Gasteiger partial charge in [-0.15, -0.1) is 10.2 Å². The number of primary amides is 1. The first-order chi connectivity index (χ1) is 10.6. The van der Waals surface area contributed by atoms with Gasteiger partial charge in [0.2, 0.25) is 5.91 Å². The fourth-order valence-corrected chi connectivity index (χ4v) is 1.89. The largest absolute Gasteiger partial charge is 0.457 e. The van der Waals surface area contributed by atoms with Crippen molar-refractivity contribution in [1.82, 2.24) is 15.4 Å². The van der Waals surface area contributed by atoms with E-state index in [4.69, 9.17) is 10.2 Å². The summed E-state index contributed by atoms with van der Waals surface area (Å²) in [7, 11) is 0. The van der Waals surface area contributed by atoms with Crippen LogP contribution >= 0.6 is 0 Å². The van der Waals surface area contributed by atoms with Gasteiger partial charge < -0.3 is 15.5 Å². The third-order valence-electron chi connectivity index (χ3n) is 2.87. The maximum absolute atomic E-state index is 11.8. The minimum atomic E-state index is -0.787. The molecule has 22 heavy (non-hydrogen) atoms. The smallest absolute Gasteiger partial charge is 0.273 e. The fourth-order valence-electron chi connectivity index (χ4n) is 1.89. The number of carbonyl (C=O) groups excluding carboxylic acids is 2. The Balaban J connectivity index is 1.73. The Kier molecular flexibility index (Phi) is 3.40. The third-order valence-corrected chi connectivity index (χ3v) is 2.87. The molecule has 3 rings (SSSR count). The second kappa shape index (κ2) is 5.52. The van der Waals surface area contributed by atoms with Crippen LogP contribution in [-0.4, -0.2) is 27.2 Å². The molecule has 2 heterocycles. The van der Waals surface area contributed by atoms with E-state index < -0.39 is 11.8 Å². The van der Waals surface area contributed by atoms with Crippen LogP contribution in [0.15, 0.2) is 40.8 Å². The van der Waals surface area contributed by atoms with E-state index in [0.29, 0.717) is 5.76 Å². The lowest BCUT2D eigenvalue weighted by molar-refractivity contribution is -0.111.